The van der Waals surface area contributed by atoms with Gasteiger partial charge in [0.2, 0.25) is 11.8 Å². The van der Waals surface area contributed by atoms with Gasteiger partial charge in [-0.05, 0) is 31.9 Å². The lowest BCUT2D eigenvalue weighted by atomic mass is 9.96. The van der Waals surface area contributed by atoms with E-state index >= 15 is 0 Å². The summed E-state index contributed by atoms with van der Waals surface area (Å²) >= 11 is 0. The van der Waals surface area contributed by atoms with Crippen LogP contribution < -0.4 is 5.32 Å². The smallest absolute Gasteiger partial charge is 0.256 e. The zero-order valence-corrected chi connectivity index (χ0v) is 19.0. The van der Waals surface area contributed by atoms with Crippen molar-refractivity contribution in [3.05, 3.63) is 35.4 Å². The molecule has 8 heteroatoms. The van der Waals surface area contributed by atoms with E-state index in [2.05, 4.69) is 5.32 Å². The van der Waals surface area contributed by atoms with E-state index in [1.807, 2.05) is 30.9 Å². The lowest BCUT2D eigenvalue weighted by Crippen LogP contribution is -2.60. The Bertz CT molecular complexity index is 842. The van der Waals surface area contributed by atoms with Gasteiger partial charge in [-0.3, -0.25) is 19.3 Å². The van der Waals surface area contributed by atoms with Crippen LogP contribution in [0.4, 0.5) is 0 Å². The SMILES string of the molecule is CCC(=O)N1CCC2(CC1)OCC(C(=O)NCC1CCCO1)N2C(=O)c1ccc(C)cc1. The van der Waals surface area contributed by atoms with Crippen LogP contribution in [0.25, 0.3) is 0 Å². The maximum atomic E-state index is 13.6. The second-order valence-corrected chi connectivity index (χ2v) is 8.93. The Morgan fingerprint density at radius 1 is 1.16 bits per heavy atom. The van der Waals surface area contributed by atoms with Crippen LogP contribution >= 0.6 is 0 Å². The maximum absolute atomic E-state index is 13.6. The molecule has 3 fully saturated rings. The molecular formula is C24H33N3O5. The van der Waals surface area contributed by atoms with Crippen LogP contribution in [0.15, 0.2) is 24.3 Å². The summed E-state index contributed by atoms with van der Waals surface area (Å²) in [4.78, 5) is 42.4. The fourth-order valence-electron chi connectivity index (χ4n) is 4.87. The highest BCUT2D eigenvalue weighted by atomic mass is 16.5. The topological polar surface area (TPSA) is 88.2 Å². The molecule has 3 aliphatic rings. The Hall–Kier alpha value is -2.45. The minimum atomic E-state index is -0.877. The van der Waals surface area contributed by atoms with Crippen molar-refractivity contribution in [2.75, 3.05) is 32.8 Å². The normalized spacial score (nSPS) is 24.7. The molecule has 0 saturated carbocycles. The van der Waals surface area contributed by atoms with Crippen LogP contribution in [0.2, 0.25) is 0 Å². The average molecular weight is 444 g/mol. The summed E-state index contributed by atoms with van der Waals surface area (Å²) in [6.07, 6.45) is 3.39. The Kier molecular flexibility index (Phi) is 6.81. The summed E-state index contributed by atoms with van der Waals surface area (Å²) in [6, 6.07) is 6.66. The molecular weight excluding hydrogens is 410 g/mol. The van der Waals surface area contributed by atoms with Crippen molar-refractivity contribution in [3.8, 4) is 0 Å². The molecule has 0 aromatic heterocycles. The van der Waals surface area contributed by atoms with Gasteiger partial charge >= 0.3 is 0 Å². The van der Waals surface area contributed by atoms with Gasteiger partial charge in [0.05, 0.1) is 12.7 Å². The number of nitrogens with zero attached hydrogens (tertiary/aromatic N) is 2. The van der Waals surface area contributed by atoms with E-state index in [-0.39, 0.29) is 30.4 Å². The van der Waals surface area contributed by atoms with Gasteiger partial charge in [0.15, 0.2) is 0 Å². The van der Waals surface area contributed by atoms with E-state index in [1.54, 1.807) is 17.0 Å². The van der Waals surface area contributed by atoms with Crippen LogP contribution in [0.5, 0.6) is 0 Å². The first-order chi connectivity index (χ1) is 15.4. The Morgan fingerprint density at radius 2 is 1.88 bits per heavy atom. The van der Waals surface area contributed by atoms with E-state index < -0.39 is 11.8 Å². The van der Waals surface area contributed by atoms with Crippen molar-refractivity contribution in [1.29, 1.82) is 0 Å². The van der Waals surface area contributed by atoms with E-state index in [0.717, 1.165) is 25.0 Å². The van der Waals surface area contributed by atoms with E-state index in [1.165, 1.54) is 0 Å². The van der Waals surface area contributed by atoms with Gasteiger partial charge in [-0.1, -0.05) is 24.6 Å². The van der Waals surface area contributed by atoms with Crippen molar-refractivity contribution >= 4 is 17.7 Å². The van der Waals surface area contributed by atoms with Crippen molar-refractivity contribution in [1.82, 2.24) is 15.1 Å². The van der Waals surface area contributed by atoms with Crippen molar-refractivity contribution in [2.24, 2.45) is 0 Å². The lowest BCUT2D eigenvalue weighted by Gasteiger charge is -2.44. The number of likely N-dealkylation sites (tertiary alicyclic amines) is 1. The second-order valence-electron chi connectivity index (χ2n) is 8.93. The highest BCUT2D eigenvalue weighted by Gasteiger charge is 2.54. The number of carbonyl (C=O) groups excluding carboxylic acids is 3. The third-order valence-corrected chi connectivity index (χ3v) is 6.81. The summed E-state index contributed by atoms with van der Waals surface area (Å²) in [5.41, 5.74) is 0.717. The monoisotopic (exact) mass is 443 g/mol. The minimum absolute atomic E-state index is 0.0276. The van der Waals surface area contributed by atoms with Gasteiger partial charge in [-0.2, -0.15) is 0 Å². The molecule has 2 atom stereocenters. The molecule has 1 spiro atoms. The summed E-state index contributed by atoms with van der Waals surface area (Å²) in [7, 11) is 0. The standard InChI is InChI=1S/C24H33N3O5/c1-3-21(28)26-12-10-24(11-13-26)27(23(30)18-8-6-17(2)7-9-18)20(16-32-24)22(29)25-15-19-5-4-14-31-19/h6-9,19-20H,3-5,10-16H2,1-2H3,(H,25,29). The summed E-state index contributed by atoms with van der Waals surface area (Å²) in [6.45, 7) is 6.14. The van der Waals surface area contributed by atoms with Crippen LogP contribution in [0.3, 0.4) is 0 Å². The fraction of sp³-hybridized carbons (Fsp3) is 0.625. The van der Waals surface area contributed by atoms with Crippen LogP contribution in [0, 0.1) is 6.92 Å². The molecule has 3 saturated heterocycles. The van der Waals surface area contributed by atoms with E-state index in [9.17, 15) is 14.4 Å². The molecule has 4 rings (SSSR count). The number of piperidine rings is 1. The number of nitrogens with one attached hydrogen (secondary N) is 1. The zero-order chi connectivity index (χ0) is 22.7. The number of aryl methyl sites for hydroxylation is 1. The molecule has 0 aliphatic carbocycles. The first-order valence-corrected chi connectivity index (χ1v) is 11.6. The second kappa shape index (κ2) is 9.58. The first-order valence-electron chi connectivity index (χ1n) is 11.6. The third-order valence-electron chi connectivity index (χ3n) is 6.81. The maximum Gasteiger partial charge on any atom is 0.256 e. The lowest BCUT2D eigenvalue weighted by molar-refractivity contribution is -0.143. The number of carbonyl (C=O) groups is 3. The van der Waals surface area contributed by atoms with Gasteiger partial charge < -0.3 is 19.7 Å². The zero-order valence-electron chi connectivity index (χ0n) is 19.0. The van der Waals surface area contributed by atoms with Crippen LogP contribution in [0.1, 0.15) is 54.9 Å². The van der Waals surface area contributed by atoms with Gasteiger partial charge in [-0.15, -0.1) is 0 Å². The molecule has 2 unspecified atom stereocenters. The molecule has 174 valence electrons. The molecule has 1 aromatic carbocycles. The van der Waals surface area contributed by atoms with Gasteiger partial charge in [0.25, 0.3) is 5.91 Å². The van der Waals surface area contributed by atoms with Crippen molar-refractivity contribution in [3.63, 3.8) is 0 Å². The third kappa shape index (κ3) is 4.52. The van der Waals surface area contributed by atoms with Crippen LogP contribution in [-0.2, 0) is 19.1 Å². The van der Waals surface area contributed by atoms with Crippen molar-refractivity contribution < 1.29 is 23.9 Å². The van der Waals surface area contributed by atoms with Crippen molar-refractivity contribution in [2.45, 2.75) is 63.8 Å². The van der Waals surface area contributed by atoms with Gasteiger partial charge in [-0.25, -0.2) is 0 Å². The number of rotatable bonds is 5. The average Bonchev–Trinajstić information content (AvgIpc) is 3.46. The van der Waals surface area contributed by atoms with Gasteiger partial charge in [0, 0.05) is 51.1 Å². The molecule has 3 amide bonds. The molecule has 1 aromatic rings. The molecule has 0 bridgehead atoms. The van der Waals surface area contributed by atoms with E-state index in [4.69, 9.17) is 9.47 Å². The first kappa shape index (κ1) is 22.7. The number of ether oxygens (including phenoxy) is 2. The summed E-state index contributed by atoms with van der Waals surface area (Å²) in [5.74, 6) is -0.333. The van der Waals surface area contributed by atoms with Gasteiger partial charge in [0.1, 0.15) is 11.8 Å². The largest absolute Gasteiger partial charge is 0.376 e. The minimum Gasteiger partial charge on any atom is -0.376 e. The highest BCUT2D eigenvalue weighted by molar-refractivity contribution is 5.98. The summed E-state index contributed by atoms with van der Waals surface area (Å²) in [5, 5.41) is 2.97. The molecule has 3 aliphatic heterocycles. The van der Waals surface area contributed by atoms with E-state index in [0.29, 0.717) is 44.5 Å². The predicted octanol–water partition coefficient (Wildman–Crippen LogP) is 1.86. The highest BCUT2D eigenvalue weighted by Crippen LogP contribution is 2.38. The molecule has 32 heavy (non-hydrogen) atoms. The number of amides is 3. The molecule has 8 nitrogen and oxygen atoms in total. The number of hydrogen-bond acceptors (Lipinski definition) is 5. The Balaban J connectivity index is 1.54. The molecule has 0 radical (unpaired) electrons. The fourth-order valence-corrected chi connectivity index (χ4v) is 4.87. The number of hydrogen-bond donors (Lipinski definition) is 1. The number of benzene rings is 1. The predicted molar refractivity (Wildman–Crippen MR) is 118 cm³/mol. The summed E-state index contributed by atoms with van der Waals surface area (Å²) < 4.78 is 11.8. The Labute approximate surface area is 189 Å². The quantitative estimate of drug-likeness (QED) is 0.751. The van der Waals surface area contributed by atoms with Crippen LogP contribution in [-0.4, -0.2) is 78.2 Å². The molecule has 3 heterocycles. The molecule has 1 N–H and O–H groups in total. The Morgan fingerprint density at radius 3 is 2.50 bits per heavy atom.